The van der Waals surface area contributed by atoms with Crippen LogP contribution in [0.4, 0.5) is 5.69 Å². The second-order valence-electron chi connectivity index (χ2n) is 11.1. The number of hydrogen-bond donors (Lipinski definition) is 1. The summed E-state index contributed by atoms with van der Waals surface area (Å²) in [6.45, 7) is 5.50. The molecule has 1 atom stereocenters. The standard InChI is InChI=1S/C36H39Cl2N3O4S/c1-4-5-22-39-36(43)34(23-28-15-8-6-9-16-28)40(24-30-31(37)19-13-20-32(30)38)35(42)25-41(33-21-12-14-26(2)27(33)3)46(44,45)29-17-10-7-11-18-29/h6-21,34H,4-5,22-25H2,1-3H3,(H,39,43). The molecule has 0 aliphatic carbocycles. The van der Waals surface area contributed by atoms with E-state index in [9.17, 15) is 18.0 Å². The summed E-state index contributed by atoms with van der Waals surface area (Å²) < 4.78 is 29.6. The Kier molecular flexibility index (Phi) is 12.3. The van der Waals surface area contributed by atoms with Crippen molar-refractivity contribution >= 4 is 50.7 Å². The number of benzene rings is 4. The molecular formula is C36H39Cl2N3O4S. The summed E-state index contributed by atoms with van der Waals surface area (Å²) in [6.07, 6.45) is 1.84. The van der Waals surface area contributed by atoms with Crippen LogP contribution in [0.5, 0.6) is 0 Å². The molecule has 0 radical (unpaired) electrons. The molecule has 4 rings (SSSR count). The van der Waals surface area contributed by atoms with E-state index in [0.717, 1.165) is 28.3 Å². The molecule has 0 saturated carbocycles. The van der Waals surface area contributed by atoms with Gasteiger partial charge in [0.15, 0.2) is 0 Å². The van der Waals surface area contributed by atoms with Gasteiger partial charge in [0.1, 0.15) is 12.6 Å². The van der Waals surface area contributed by atoms with Crippen LogP contribution < -0.4 is 9.62 Å². The van der Waals surface area contributed by atoms with Crippen LogP contribution in [-0.2, 0) is 32.6 Å². The molecule has 0 aliphatic rings. The van der Waals surface area contributed by atoms with Gasteiger partial charge in [0.05, 0.1) is 10.6 Å². The number of nitrogens with zero attached hydrogens (tertiary/aromatic N) is 2. The molecule has 0 aromatic heterocycles. The number of amides is 2. The molecule has 0 aliphatic heterocycles. The van der Waals surface area contributed by atoms with Crippen LogP contribution in [0.15, 0.2) is 102 Å². The highest BCUT2D eigenvalue weighted by Crippen LogP contribution is 2.31. The van der Waals surface area contributed by atoms with E-state index in [1.165, 1.54) is 17.0 Å². The Morgan fingerprint density at radius 2 is 1.43 bits per heavy atom. The third-order valence-corrected chi connectivity index (χ3v) is 10.4. The van der Waals surface area contributed by atoms with Gasteiger partial charge in [-0.05, 0) is 67.3 Å². The number of halogens is 2. The highest BCUT2D eigenvalue weighted by Gasteiger charge is 2.35. The van der Waals surface area contributed by atoms with Crippen molar-refractivity contribution in [1.29, 1.82) is 0 Å². The quantitative estimate of drug-likeness (QED) is 0.141. The lowest BCUT2D eigenvalue weighted by atomic mass is 10.0. The van der Waals surface area contributed by atoms with E-state index in [1.54, 1.807) is 48.5 Å². The minimum Gasteiger partial charge on any atom is -0.354 e. The van der Waals surface area contributed by atoms with Gasteiger partial charge in [0.25, 0.3) is 10.0 Å². The molecule has 7 nitrogen and oxygen atoms in total. The summed E-state index contributed by atoms with van der Waals surface area (Å²) in [5.74, 6) is -0.930. The molecule has 1 unspecified atom stereocenters. The Bertz CT molecular complexity index is 1730. The number of unbranched alkanes of at least 4 members (excludes halogenated alkanes) is 1. The van der Waals surface area contributed by atoms with Gasteiger partial charge in [-0.3, -0.25) is 13.9 Å². The van der Waals surface area contributed by atoms with Crippen molar-refractivity contribution in [2.45, 2.75) is 57.5 Å². The minimum absolute atomic E-state index is 0.0440. The van der Waals surface area contributed by atoms with Crippen LogP contribution in [0, 0.1) is 13.8 Å². The van der Waals surface area contributed by atoms with Crippen LogP contribution in [0.3, 0.4) is 0 Å². The fourth-order valence-corrected chi connectivity index (χ4v) is 7.16. The fraction of sp³-hybridized carbons (Fsp3) is 0.278. The Morgan fingerprint density at radius 3 is 2.07 bits per heavy atom. The number of nitrogens with one attached hydrogen (secondary N) is 1. The first-order chi connectivity index (χ1) is 22.0. The normalized spacial score (nSPS) is 11.9. The Balaban J connectivity index is 1.85. The smallest absolute Gasteiger partial charge is 0.264 e. The lowest BCUT2D eigenvalue weighted by molar-refractivity contribution is -0.140. The van der Waals surface area contributed by atoms with Crippen LogP contribution in [-0.4, -0.2) is 44.3 Å². The van der Waals surface area contributed by atoms with Gasteiger partial charge in [-0.25, -0.2) is 8.42 Å². The molecule has 0 bridgehead atoms. The van der Waals surface area contributed by atoms with Gasteiger partial charge in [-0.15, -0.1) is 0 Å². The van der Waals surface area contributed by atoms with Gasteiger partial charge < -0.3 is 10.2 Å². The van der Waals surface area contributed by atoms with Crippen LogP contribution in [0.2, 0.25) is 10.0 Å². The summed E-state index contributed by atoms with van der Waals surface area (Å²) in [4.78, 5) is 30.0. The van der Waals surface area contributed by atoms with E-state index in [-0.39, 0.29) is 23.8 Å². The Hall–Kier alpha value is -3.85. The summed E-state index contributed by atoms with van der Waals surface area (Å²) in [7, 11) is -4.20. The van der Waals surface area contributed by atoms with E-state index in [4.69, 9.17) is 23.2 Å². The monoisotopic (exact) mass is 679 g/mol. The summed E-state index contributed by atoms with van der Waals surface area (Å²) in [6, 6.07) is 26.8. The fourth-order valence-electron chi connectivity index (χ4n) is 5.15. The second-order valence-corrected chi connectivity index (χ2v) is 13.8. The van der Waals surface area contributed by atoms with Crippen molar-refractivity contribution in [3.05, 3.63) is 129 Å². The molecule has 4 aromatic carbocycles. The first kappa shape index (κ1) is 35.0. The molecule has 2 amide bonds. The number of rotatable bonds is 14. The molecule has 0 saturated heterocycles. The molecule has 1 N–H and O–H groups in total. The molecular weight excluding hydrogens is 641 g/mol. The van der Waals surface area contributed by atoms with Crippen molar-refractivity contribution in [1.82, 2.24) is 10.2 Å². The first-order valence-corrected chi connectivity index (χ1v) is 17.4. The third kappa shape index (κ3) is 8.49. The second kappa shape index (κ2) is 16.1. The van der Waals surface area contributed by atoms with Crippen molar-refractivity contribution in [3.8, 4) is 0 Å². The molecule has 46 heavy (non-hydrogen) atoms. The van der Waals surface area contributed by atoms with Crippen molar-refractivity contribution in [3.63, 3.8) is 0 Å². The predicted molar refractivity (Wildman–Crippen MR) is 186 cm³/mol. The van der Waals surface area contributed by atoms with E-state index < -0.39 is 28.5 Å². The van der Waals surface area contributed by atoms with Crippen LogP contribution >= 0.6 is 23.2 Å². The largest absolute Gasteiger partial charge is 0.354 e. The van der Waals surface area contributed by atoms with Crippen molar-refractivity contribution < 1.29 is 18.0 Å². The van der Waals surface area contributed by atoms with E-state index >= 15 is 0 Å². The number of anilines is 1. The van der Waals surface area contributed by atoms with E-state index in [1.807, 2.05) is 57.2 Å². The van der Waals surface area contributed by atoms with Gasteiger partial charge in [0.2, 0.25) is 11.8 Å². The van der Waals surface area contributed by atoms with Crippen LogP contribution in [0.1, 0.15) is 42.0 Å². The lowest BCUT2D eigenvalue weighted by Crippen LogP contribution is -2.53. The lowest BCUT2D eigenvalue weighted by Gasteiger charge is -2.34. The van der Waals surface area contributed by atoms with Gasteiger partial charge in [-0.2, -0.15) is 0 Å². The topological polar surface area (TPSA) is 86.8 Å². The molecule has 0 spiro atoms. The highest BCUT2D eigenvalue weighted by atomic mass is 35.5. The zero-order valence-corrected chi connectivity index (χ0v) is 28.6. The number of sulfonamides is 1. The third-order valence-electron chi connectivity index (χ3n) is 7.95. The Morgan fingerprint density at radius 1 is 0.826 bits per heavy atom. The Labute approximate surface area is 282 Å². The first-order valence-electron chi connectivity index (χ1n) is 15.2. The van der Waals surface area contributed by atoms with Crippen LogP contribution in [0.25, 0.3) is 0 Å². The average Bonchev–Trinajstić information content (AvgIpc) is 3.05. The molecule has 0 fully saturated rings. The summed E-state index contributed by atoms with van der Waals surface area (Å²) in [5, 5.41) is 3.65. The predicted octanol–water partition coefficient (Wildman–Crippen LogP) is 7.36. The zero-order chi connectivity index (χ0) is 33.3. The maximum Gasteiger partial charge on any atom is 0.264 e. The number of hydrogen-bond acceptors (Lipinski definition) is 4. The SMILES string of the molecule is CCCCNC(=O)C(Cc1ccccc1)N(Cc1c(Cl)cccc1Cl)C(=O)CN(c1cccc(C)c1C)S(=O)(=O)c1ccccc1. The molecule has 10 heteroatoms. The summed E-state index contributed by atoms with van der Waals surface area (Å²) in [5.41, 5.74) is 3.26. The number of carbonyl (C=O) groups is 2. The van der Waals surface area contributed by atoms with Crippen molar-refractivity contribution in [2.24, 2.45) is 0 Å². The number of carbonyl (C=O) groups excluding carboxylic acids is 2. The van der Waals surface area contributed by atoms with E-state index in [2.05, 4.69) is 5.32 Å². The number of aryl methyl sites for hydroxylation is 1. The molecule has 242 valence electrons. The summed E-state index contributed by atoms with van der Waals surface area (Å²) >= 11 is 13.2. The maximum absolute atomic E-state index is 14.6. The van der Waals surface area contributed by atoms with Gasteiger partial charge in [0, 0.05) is 35.1 Å². The maximum atomic E-state index is 14.6. The zero-order valence-electron chi connectivity index (χ0n) is 26.2. The average molecular weight is 681 g/mol. The van der Waals surface area contributed by atoms with E-state index in [0.29, 0.717) is 33.4 Å². The highest BCUT2D eigenvalue weighted by molar-refractivity contribution is 7.92. The van der Waals surface area contributed by atoms with Crippen molar-refractivity contribution in [2.75, 3.05) is 17.4 Å². The van der Waals surface area contributed by atoms with Gasteiger partial charge >= 0.3 is 0 Å². The molecule has 4 aromatic rings. The van der Waals surface area contributed by atoms with Gasteiger partial charge in [-0.1, -0.05) is 103 Å². The minimum atomic E-state index is -4.20. The molecule has 0 heterocycles.